The van der Waals surface area contributed by atoms with E-state index in [-0.39, 0.29) is 9.06 Å². The predicted molar refractivity (Wildman–Crippen MR) is 84.9 cm³/mol. The molecule has 0 aliphatic heterocycles. The average molecular weight is 244 g/mol. The molecule has 0 radical (unpaired) electrons. The van der Waals surface area contributed by atoms with E-state index >= 15 is 0 Å². The molecule has 0 aliphatic carbocycles. The van der Waals surface area contributed by atoms with Gasteiger partial charge in [0.25, 0.3) is 0 Å². The van der Waals surface area contributed by atoms with Crippen LogP contribution in [0.2, 0.25) is 0 Å². The molecule has 0 fully saturated rings. The lowest BCUT2D eigenvalue weighted by Gasteiger charge is -2.04. The van der Waals surface area contributed by atoms with Crippen molar-refractivity contribution in [1.82, 2.24) is 0 Å². The first kappa shape index (κ1) is 9.46. The Kier molecular flexibility index (Phi) is 3.35. The molecule has 0 heterocycles. The van der Waals surface area contributed by atoms with Gasteiger partial charge in [-0.2, -0.15) is 9.06 Å². The molecular formula is C12H14B2P2. The fraction of sp³-hybridized carbons (Fsp3) is 0. The predicted octanol–water partition coefficient (Wildman–Crippen LogP) is 1.06. The van der Waals surface area contributed by atoms with Crippen LogP contribution in [0.5, 0.6) is 0 Å². The minimum atomic E-state index is -0.757. The summed E-state index contributed by atoms with van der Waals surface area (Å²) in [7, 11) is 1.41. The van der Waals surface area contributed by atoms with Gasteiger partial charge in [-0.05, 0) is 16.4 Å². The van der Waals surface area contributed by atoms with Crippen LogP contribution in [0.4, 0.5) is 0 Å². The summed E-state index contributed by atoms with van der Waals surface area (Å²) in [5.74, 6) is 0. The Morgan fingerprint density at radius 3 is 2.12 bits per heavy atom. The van der Waals surface area contributed by atoms with Crippen LogP contribution in [0.3, 0.4) is 0 Å². The molecular weight excluding hydrogens is 228 g/mol. The molecule has 0 saturated heterocycles. The smallest absolute Gasteiger partial charge is 0.169 e. The molecule has 2 aromatic rings. The Labute approximate surface area is 105 Å². The average Bonchev–Trinajstić information content (AvgIpc) is 2.40. The quantitative estimate of drug-likeness (QED) is 0.557. The summed E-state index contributed by atoms with van der Waals surface area (Å²) in [4.78, 5) is 0. The van der Waals surface area contributed by atoms with E-state index < -0.39 is 8.40 Å². The lowest BCUT2D eigenvalue weighted by atomic mass is 9.92. The minimum absolute atomic E-state index is 0.225. The van der Waals surface area contributed by atoms with Crippen LogP contribution in [0.15, 0.2) is 48.5 Å². The van der Waals surface area contributed by atoms with E-state index in [1.165, 1.54) is 16.6 Å². The molecule has 0 saturated carbocycles. The van der Waals surface area contributed by atoms with E-state index in [2.05, 4.69) is 36.4 Å². The molecule has 0 N–H and O–H groups in total. The van der Waals surface area contributed by atoms with Gasteiger partial charge in [0.1, 0.15) is 7.57 Å². The Hall–Kier alpha value is -0.570. The number of benzene rings is 2. The zero-order valence-electron chi connectivity index (χ0n) is 11.3. The Balaban J connectivity index is 2.20. The van der Waals surface area contributed by atoms with Crippen molar-refractivity contribution in [2.45, 2.75) is 0 Å². The maximum Gasteiger partial charge on any atom is 0.180 e. The van der Waals surface area contributed by atoms with E-state index in [9.17, 15) is 0 Å². The number of rotatable bonds is 4. The van der Waals surface area contributed by atoms with Crippen LogP contribution in [-0.2, 0) is 0 Å². The van der Waals surface area contributed by atoms with Crippen LogP contribution in [-0.4, -0.2) is 17.1 Å². The van der Waals surface area contributed by atoms with Crippen molar-refractivity contribution in [2.24, 2.45) is 0 Å². The first-order valence-corrected chi connectivity index (χ1v) is 7.32. The Morgan fingerprint density at radius 2 is 1.62 bits per heavy atom. The van der Waals surface area contributed by atoms with Gasteiger partial charge < -0.3 is 0 Å². The topological polar surface area (TPSA) is 0 Å². The summed E-state index contributed by atoms with van der Waals surface area (Å²) in [5.41, 5.74) is 3.62. The molecule has 0 aromatic heterocycles. The summed E-state index contributed by atoms with van der Waals surface area (Å²) >= 11 is 0. The number of hydrogen-bond donors (Lipinski definition) is 0. The maximum absolute atomic E-state index is 7.72. The third-order valence-electron chi connectivity index (χ3n) is 2.62. The van der Waals surface area contributed by atoms with Crippen molar-refractivity contribution in [3.63, 3.8) is 0 Å². The van der Waals surface area contributed by atoms with Crippen molar-refractivity contribution < 1.29 is 0 Å². The van der Waals surface area contributed by atoms with Crippen molar-refractivity contribution in [1.29, 1.82) is 2.56 Å². The van der Waals surface area contributed by atoms with Crippen LogP contribution < -0.4 is 10.8 Å². The second kappa shape index (κ2) is 5.67. The molecule has 2 atom stereocenters. The fourth-order valence-electron chi connectivity index (χ4n) is 1.62. The van der Waals surface area contributed by atoms with Gasteiger partial charge in [0.15, 0.2) is 7.00 Å². The largest absolute Gasteiger partial charge is 0.180 e. The summed E-state index contributed by atoms with van der Waals surface area (Å²) in [6.45, 7) is 0.845. The van der Waals surface area contributed by atoms with Crippen LogP contribution in [0, 0.1) is 0 Å². The van der Waals surface area contributed by atoms with Gasteiger partial charge >= 0.3 is 0 Å². The van der Waals surface area contributed by atoms with E-state index in [1.54, 1.807) is 0 Å². The first-order valence-electron chi connectivity index (χ1n) is 6.22. The second-order valence-electron chi connectivity index (χ2n) is 3.64. The zero-order valence-corrected chi connectivity index (χ0v) is 11.2. The van der Waals surface area contributed by atoms with Gasteiger partial charge in [-0.1, -0.05) is 54.0 Å². The molecule has 16 heavy (non-hydrogen) atoms. The van der Waals surface area contributed by atoms with Crippen LogP contribution >= 0.6 is 17.5 Å². The summed E-state index contributed by atoms with van der Waals surface area (Å²) < 4.78 is 14.9. The molecule has 2 aromatic carbocycles. The highest BCUT2D eigenvalue weighted by molar-refractivity contribution is 7.73. The SMILES string of the molecule is [2H]PBc1ccc(-c2ccc(P([2H])B)cc2)cc1. The summed E-state index contributed by atoms with van der Waals surface area (Å²) in [6, 6.07) is 16.7. The molecule has 2 rings (SSSR count). The highest BCUT2D eigenvalue weighted by Gasteiger charge is 1.97. The van der Waals surface area contributed by atoms with Gasteiger partial charge in [0.2, 0.25) is 0 Å². The van der Waals surface area contributed by atoms with E-state index in [1.807, 2.05) is 19.7 Å². The lowest BCUT2D eigenvalue weighted by molar-refractivity contribution is 1.66. The molecule has 0 spiro atoms. The Morgan fingerprint density at radius 1 is 1.06 bits per heavy atom. The lowest BCUT2D eigenvalue weighted by Crippen LogP contribution is -2.06. The zero-order chi connectivity index (χ0) is 13.0. The number of hydrogen-bond acceptors (Lipinski definition) is 0. The van der Waals surface area contributed by atoms with Crippen LogP contribution in [0.1, 0.15) is 0 Å². The second-order valence-corrected chi connectivity index (χ2v) is 4.96. The molecule has 0 bridgehead atoms. The Bertz CT molecular complexity index is 500. The normalized spacial score (nSPS) is 14.5. The van der Waals surface area contributed by atoms with Crippen LogP contribution in [0.25, 0.3) is 11.1 Å². The van der Waals surface area contributed by atoms with Gasteiger partial charge in [-0.15, -0.1) is 8.40 Å². The molecule has 0 aliphatic rings. The molecule has 0 amide bonds. The van der Waals surface area contributed by atoms with Gasteiger partial charge in [0.05, 0.1) is 1.28 Å². The minimum Gasteiger partial charge on any atom is -0.169 e. The monoisotopic (exact) mass is 244 g/mol. The molecule has 78 valence electrons. The van der Waals surface area contributed by atoms with E-state index in [0.29, 0.717) is 0 Å². The third kappa shape index (κ3) is 2.76. The molecule has 0 nitrogen and oxygen atoms in total. The van der Waals surface area contributed by atoms with Crippen molar-refractivity contribution in [3.05, 3.63) is 48.5 Å². The molecule has 4 heteroatoms. The van der Waals surface area contributed by atoms with Crippen molar-refractivity contribution >= 4 is 42.8 Å². The van der Waals surface area contributed by atoms with Crippen molar-refractivity contribution in [3.8, 4) is 11.1 Å². The van der Waals surface area contributed by atoms with E-state index in [0.717, 1.165) is 12.3 Å². The van der Waals surface area contributed by atoms with Gasteiger partial charge in [0, 0.05) is 1.28 Å². The molecule has 2 unspecified atom stereocenters. The fourth-order valence-corrected chi connectivity index (χ4v) is 2.30. The first-order chi connectivity index (χ1) is 8.70. The highest BCUT2D eigenvalue weighted by Crippen LogP contribution is 2.18. The van der Waals surface area contributed by atoms with Crippen molar-refractivity contribution in [2.75, 3.05) is 0 Å². The maximum atomic E-state index is 7.72. The highest BCUT2D eigenvalue weighted by atomic mass is 31.1. The standard InChI is InChI=1S/C12H14B2P2/c13-16-12-7-3-10(4-8-12)9-1-5-11(14-15)6-2-9/h1-8,14,16H,13,15H2/i15D,16D. The summed E-state index contributed by atoms with van der Waals surface area (Å²) in [5, 5.41) is 1.11. The van der Waals surface area contributed by atoms with Gasteiger partial charge in [-0.3, -0.25) is 0 Å². The third-order valence-corrected chi connectivity index (χ3v) is 3.84. The summed E-state index contributed by atoms with van der Waals surface area (Å²) in [6.07, 6.45) is 0. The van der Waals surface area contributed by atoms with E-state index in [4.69, 9.17) is 2.56 Å². The van der Waals surface area contributed by atoms with Gasteiger partial charge in [-0.25, -0.2) is 0 Å².